The number of aliphatic imine (C=N–C) groups is 2. The van der Waals surface area contributed by atoms with Gasteiger partial charge in [-0.15, -0.1) is 0 Å². The van der Waals surface area contributed by atoms with Crippen LogP contribution in [0.3, 0.4) is 0 Å². The smallest absolute Gasteiger partial charge is 0.157 e. The second kappa shape index (κ2) is 12.1. The molecule has 10 aromatic rings. The molecule has 0 fully saturated rings. The van der Waals surface area contributed by atoms with Crippen molar-refractivity contribution in [3.8, 4) is 11.1 Å². The molecule has 5 nitrogen and oxygen atoms in total. The van der Waals surface area contributed by atoms with Gasteiger partial charge in [0, 0.05) is 32.7 Å². The van der Waals surface area contributed by atoms with Gasteiger partial charge >= 0.3 is 0 Å². The van der Waals surface area contributed by atoms with E-state index in [1.54, 1.807) is 0 Å². The molecule has 0 saturated carbocycles. The number of benzene rings is 8. The Morgan fingerprint density at radius 3 is 2.06 bits per heavy atom. The highest BCUT2D eigenvalue weighted by atomic mass is 16.3. The van der Waals surface area contributed by atoms with E-state index in [-0.39, 0.29) is 0 Å². The van der Waals surface area contributed by atoms with Crippen LogP contribution in [-0.4, -0.2) is 11.7 Å². The third-order valence-corrected chi connectivity index (χ3v) is 9.97. The number of para-hydroxylation sites is 1. The second-order valence-corrected chi connectivity index (χ2v) is 13.1. The summed E-state index contributed by atoms with van der Waals surface area (Å²) in [6.07, 6.45) is 0. The minimum atomic E-state index is 0.358. The lowest BCUT2D eigenvalue weighted by Gasteiger charge is -2.10. The van der Waals surface area contributed by atoms with Gasteiger partial charge in [0.15, 0.2) is 5.84 Å². The largest absolute Gasteiger partial charge is 0.456 e. The van der Waals surface area contributed by atoms with Gasteiger partial charge in [-0.1, -0.05) is 121 Å². The monoisotopic (exact) mass is 669 g/mol. The van der Waals surface area contributed by atoms with Crippen molar-refractivity contribution in [2.75, 3.05) is 0 Å². The summed E-state index contributed by atoms with van der Waals surface area (Å²) in [4.78, 5) is 10.1. The number of hydrogen-bond donors (Lipinski definition) is 1. The van der Waals surface area contributed by atoms with Crippen LogP contribution in [0.25, 0.3) is 76.5 Å². The van der Waals surface area contributed by atoms with Crippen LogP contribution >= 0.6 is 0 Å². The van der Waals surface area contributed by atoms with Crippen LogP contribution in [0, 0.1) is 0 Å². The molecule has 2 aromatic heterocycles. The lowest BCUT2D eigenvalue weighted by atomic mass is 9.94. The zero-order valence-electron chi connectivity index (χ0n) is 28.1. The van der Waals surface area contributed by atoms with Crippen molar-refractivity contribution in [1.29, 1.82) is 0 Å². The number of hydrogen-bond acceptors (Lipinski definition) is 3. The average Bonchev–Trinajstić information content (AvgIpc) is 3.78. The third-order valence-electron chi connectivity index (χ3n) is 9.97. The quantitative estimate of drug-likeness (QED) is 0.113. The molecule has 0 aliphatic heterocycles. The molecule has 246 valence electrons. The number of rotatable bonds is 5. The molecule has 0 saturated heterocycles. The van der Waals surface area contributed by atoms with Crippen LogP contribution in [0.5, 0.6) is 0 Å². The predicted molar refractivity (Wildman–Crippen MR) is 215 cm³/mol. The van der Waals surface area contributed by atoms with E-state index in [1.165, 1.54) is 21.5 Å². The summed E-state index contributed by atoms with van der Waals surface area (Å²) in [5.41, 5.74) is 15.1. The molecule has 0 bridgehead atoms. The Morgan fingerprint density at radius 1 is 0.500 bits per heavy atom. The summed E-state index contributed by atoms with van der Waals surface area (Å²) in [6.45, 7) is 0.455. The third kappa shape index (κ3) is 5.02. The van der Waals surface area contributed by atoms with E-state index < -0.39 is 0 Å². The van der Waals surface area contributed by atoms with E-state index in [2.05, 4.69) is 91.0 Å². The van der Waals surface area contributed by atoms with Crippen molar-refractivity contribution in [3.63, 3.8) is 0 Å². The number of amidine groups is 2. The van der Waals surface area contributed by atoms with Gasteiger partial charge in [0.25, 0.3) is 0 Å². The van der Waals surface area contributed by atoms with Crippen LogP contribution in [0.4, 0.5) is 0 Å². The van der Waals surface area contributed by atoms with Crippen molar-refractivity contribution < 1.29 is 8.83 Å². The highest BCUT2D eigenvalue weighted by Gasteiger charge is 2.19. The molecular formula is C47H31N3O2. The van der Waals surface area contributed by atoms with Crippen molar-refractivity contribution in [3.05, 3.63) is 180 Å². The van der Waals surface area contributed by atoms with Gasteiger partial charge in [-0.2, -0.15) is 0 Å². The van der Waals surface area contributed by atoms with Crippen LogP contribution in [-0.2, 0) is 6.54 Å². The molecule has 0 spiro atoms. The zero-order chi connectivity index (χ0) is 34.6. The molecule has 0 aliphatic rings. The Balaban J connectivity index is 1.15. The van der Waals surface area contributed by atoms with E-state index in [0.717, 1.165) is 71.7 Å². The number of fused-ring (bicyclic) bond motifs is 9. The van der Waals surface area contributed by atoms with Gasteiger partial charge in [-0.25, -0.2) is 4.99 Å². The van der Waals surface area contributed by atoms with Crippen LogP contribution in [0.15, 0.2) is 183 Å². The maximum absolute atomic E-state index is 7.04. The second-order valence-electron chi connectivity index (χ2n) is 13.1. The van der Waals surface area contributed by atoms with Gasteiger partial charge in [0.1, 0.15) is 28.2 Å². The Labute approximate surface area is 299 Å². The Bertz CT molecular complexity index is 3060. The lowest BCUT2D eigenvalue weighted by molar-refractivity contribution is 0.668. The van der Waals surface area contributed by atoms with E-state index in [9.17, 15) is 0 Å². The molecule has 5 heteroatoms. The first-order valence-corrected chi connectivity index (χ1v) is 17.4. The topological polar surface area (TPSA) is 77.0 Å². The van der Waals surface area contributed by atoms with Gasteiger partial charge < -0.3 is 14.6 Å². The van der Waals surface area contributed by atoms with Crippen molar-refractivity contribution in [1.82, 2.24) is 0 Å². The van der Waals surface area contributed by atoms with Gasteiger partial charge in [-0.3, -0.25) is 4.99 Å². The summed E-state index contributed by atoms with van der Waals surface area (Å²) in [5.74, 6) is 0.900. The Hall–Kier alpha value is -6.98. The molecule has 52 heavy (non-hydrogen) atoms. The fourth-order valence-corrected chi connectivity index (χ4v) is 7.47. The zero-order valence-corrected chi connectivity index (χ0v) is 28.1. The molecule has 2 N–H and O–H groups in total. The Morgan fingerprint density at radius 2 is 1.17 bits per heavy atom. The first kappa shape index (κ1) is 29.9. The summed E-state index contributed by atoms with van der Waals surface area (Å²) in [5, 5.41) is 8.83. The van der Waals surface area contributed by atoms with Crippen LogP contribution in [0.1, 0.15) is 16.7 Å². The van der Waals surface area contributed by atoms with Crippen molar-refractivity contribution in [2.24, 2.45) is 15.7 Å². The minimum Gasteiger partial charge on any atom is -0.456 e. The standard InChI is InChI=1S/C47H31N3O2/c48-46(50-47(49-28-29-10-2-1-3-11-29)33-24-25-41-39(27-33)36-14-6-7-17-40(36)51-41)37-16-9-19-43-45(37)44-35(15-8-18-42(44)52-43)32-23-22-31-21-20-30-12-4-5-13-34(30)38(31)26-32/h1-27H,28H2,(H2,48,49,50). The van der Waals surface area contributed by atoms with Gasteiger partial charge in [0.05, 0.1) is 6.54 Å². The first-order chi connectivity index (χ1) is 25.7. The molecule has 0 amide bonds. The van der Waals surface area contributed by atoms with Gasteiger partial charge in [0.2, 0.25) is 0 Å². The summed E-state index contributed by atoms with van der Waals surface area (Å²) < 4.78 is 12.6. The highest BCUT2D eigenvalue weighted by Crippen LogP contribution is 2.40. The molecule has 2 heterocycles. The highest BCUT2D eigenvalue weighted by molar-refractivity contribution is 6.24. The molecule has 0 radical (unpaired) electrons. The maximum atomic E-state index is 7.04. The van der Waals surface area contributed by atoms with Crippen LogP contribution in [0.2, 0.25) is 0 Å². The molecule has 0 unspecified atom stereocenters. The fraction of sp³-hybridized carbons (Fsp3) is 0.0213. The maximum Gasteiger partial charge on any atom is 0.157 e. The van der Waals surface area contributed by atoms with E-state index in [1.807, 2.05) is 72.8 Å². The predicted octanol–water partition coefficient (Wildman–Crippen LogP) is 11.8. The van der Waals surface area contributed by atoms with E-state index >= 15 is 0 Å². The fourth-order valence-electron chi connectivity index (χ4n) is 7.47. The average molecular weight is 670 g/mol. The number of furan rings is 2. The molecule has 0 aliphatic carbocycles. The molecule has 0 atom stereocenters. The van der Waals surface area contributed by atoms with Crippen molar-refractivity contribution in [2.45, 2.75) is 6.54 Å². The number of nitrogens with two attached hydrogens (primary N) is 1. The first-order valence-electron chi connectivity index (χ1n) is 17.4. The Kier molecular flexibility index (Phi) is 6.96. The van der Waals surface area contributed by atoms with E-state index in [0.29, 0.717) is 18.2 Å². The number of nitrogens with zero attached hydrogens (tertiary/aromatic N) is 2. The van der Waals surface area contributed by atoms with Gasteiger partial charge in [-0.05, 0) is 80.7 Å². The lowest BCUT2D eigenvalue weighted by Crippen LogP contribution is -2.17. The van der Waals surface area contributed by atoms with Crippen molar-refractivity contribution >= 4 is 77.1 Å². The molecular weight excluding hydrogens is 639 g/mol. The molecule has 8 aromatic carbocycles. The minimum absolute atomic E-state index is 0.358. The van der Waals surface area contributed by atoms with E-state index in [4.69, 9.17) is 24.6 Å². The SMILES string of the molecule is N/C(=N\C(=N/Cc1ccccc1)c1ccc2oc3ccccc3c2c1)c1cccc2oc3cccc(-c4ccc5ccc6ccccc6c5c4)c3c12. The summed E-state index contributed by atoms with van der Waals surface area (Å²) >= 11 is 0. The molecule has 10 rings (SSSR count). The normalized spacial score (nSPS) is 12.6. The van der Waals surface area contributed by atoms with Crippen LogP contribution < -0.4 is 5.73 Å². The summed E-state index contributed by atoms with van der Waals surface area (Å²) in [6, 6.07) is 56.1. The summed E-state index contributed by atoms with van der Waals surface area (Å²) in [7, 11) is 0.